The molecule has 0 bridgehead atoms. The molecule has 0 saturated carbocycles. The molecule has 228 valence electrons. The number of piperazine rings is 1. The van der Waals surface area contributed by atoms with Crippen molar-refractivity contribution >= 4 is 78.5 Å². The van der Waals surface area contributed by atoms with E-state index in [1.54, 1.807) is 0 Å². The van der Waals surface area contributed by atoms with Crippen LogP contribution >= 0.6 is 46.2 Å². The summed E-state index contributed by atoms with van der Waals surface area (Å²) in [5, 5.41) is 36.9. The van der Waals surface area contributed by atoms with E-state index in [4.69, 9.17) is 20.2 Å². The molecule has 1 fully saturated rings. The number of aryl methyl sites for hydroxylation is 2. The lowest BCUT2D eigenvalue weighted by Gasteiger charge is -2.41. The van der Waals surface area contributed by atoms with Gasteiger partial charge >= 0.3 is 0 Å². The van der Waals surface area contributed by atoms with Gasteiger partial charge in [-0.2, -0.15) is 20.2 Å². The average molecular weight is 649 g/mol. The summed E-state index contributed by atoms with van der Waals surface area (Å²) in [6.07, 6.45) is 6.70. The van der Waals surface area contributed by atoms with Crippen LogP contribution in [0.25, 0.3) is 0 Å². The monoisotopic (exact) mass is 648 g/mol. The van der Waals surface area contributed by atoms with Gasteiger partial charge in [-0.25, -0.2) is 10.0 Å². The number of thioether (sulfide) groups is 2. The van der Waals surface area contributed by atoms with Crippen molar-refractivity contribution in [3.63, 3.8) is 0 Å². The summed E-state index contributed by atoms with van der Waals surface area (Å²) in [7, 11) is 0. The van der Waals surface area contributed by atoms with Crippen molar-refractivity contribution in [1.29, 1.82) is 0 Å². The Morgan fingerprint density at radius 1 is 0.667 bits per heavy atom. The molecule has 5 rings (SSSR count). The minimum atomic E-state index is 0.228. The molecule has 0 N–H and O–H groups in total. The van der Waals surface area contributed by atoms with Crippen LogP contribution in [0.15, 0.2) is 20.2 Å². The van der Waals surface area contributed by atoms with Gasteiger partial charge in [0.05, 0.1) is 10.1 Å². The van der Waals surface area contributed by atoms with E-state index in [2.05, 4.69) is 67.9 Å². The van der Waals surface area contributed by atoms with Gasteiger partial charge in [-0.3, -0.25) is 0 Å². The fourth-order valence-corrected chi connectivity index (χ4v) is 8.13. The largest absolute Gasteiger partial charge is 0.337 e. The summed E-state index contributed by atoms with van der Waals surface area (Å²) in [6.45, 7) is 15.6. The fraction of sp³-hybridized carbons (Fsp3) is 0.692. The Morgan fingerprint density at radius 2 is 1.07 bits per heavy atom. The molecule has 5 heterocycles. The van der Waals surface area contributed by atoms with Crippen molar-refractivity contribution in [1.82, 2.24) is 40.2 Å². The van der Waals surface area contributed by atoms with Crippen LogP contribution in [0.1, 0.15) is 76.2 Å². The topological polar surface area (TPSA) is 114 Å². The van der Waals surface area contributed by atoms with Crippen LogP contribution in [0.4, 0.5) is 10.3 Å². The first-order valence-electron chi connectivity index (χ1n) is 14.6. The quantitative estimate of drug-likeness (QED) is 0.246. The molecule has 3 aliphatic heterocycles. The molecule has 3 aliphatic rings. The maximum absolute atomic E-state index is 5.04. The van der Waals surface area contributed by atoms with Gasteiger partial charge in [0.25, 0.3) is 0 Å². The molecular weight excluding hydrogens is 609 g/mol. The molecule has 2 aromatic heterocycles. The number of aromatic nitrogens is 4. The zero-order chi connectivity index (χ0) is 29.6. The Labute approximate surface area is 264 Å². The second-order valence-corrected chi connectivity index (χ2v) is 15.4. The van der Waals surface area contributed by atoms with E-state index in [0.29, 0.717) is 10.3 Å². The number of nitrogens with zero attached hydrogens (tertiary/aromatic N) is 12. The van der Waals surface area contributed by atoms with Gasteiger partial charge in [0.15, 0.2) is 0 Å². The Hall–Kier alpha value is -2.30. The van der Waals surface area contributed by atoms with E-state index in [1.165, 1.54) is 22.7 Å². The van der Waals surface area contributed by atoms with Crippen LogP contribution in [-0.2, 0) is 0 Å². The molecule has 0 amide bonds. The predicted octanol–water partition coefficient (Wildman–Crippen LogP) is 6.10. The first kappa shape index (κ1) is 31.1. The Balaban J connectivity index is 1.40. The Bertz CT molecular complexity index is 1230. The summed E-state index contributed by atoms with van der Waals surface area (Å²) < 4.78 is 0. The fourth-order valence-electron chi connectivity index (χ4n) is 4.91. The first-order chi connectivity index (χ1) is 20.3. The smallest absolute Gasteiger partial charge is 0.234 e. The third-order valence-corrected chi connectivity index (χ3v) is 10.7. The lowest BCUT2D eigenvalue weighted by molar-refractivity contribution is 0.206. The molecular formula is C26H40N12S4. The second-order valence-electron chi connectivity index (χ2n) is 10.4. The van der Waals surface area contributed by atoms with Crippen molar-refractivity contribution in [3.05, 3.63) is 10.0 Å². The number of guanidine groups is 2. The van der Waals surface area contributed by atoms with Gasteiger partial charge < -0.3 is 9.80 Å². The highest BCUT2D eigenvalue weighted by molar-refractivity contribution is 8.14. The molecule has 42 heavy (non-hydrogen) atoms. The van der Waals surface area contributed by atoms with E-state index >= 15 is 0 Å². The Morgan fingerprint density at radius 3 is 1.40 bits per heavy atom. The highest BCUT2D eigenvalue weighted by atomic mass is 32.2. The molecule has 0 unspecified atom stereocenters. The number of unbranched alkanes of at least 4 members (excludes halogenated alkanes) is 2. The van der Waals surface area contributed by atoms with Crippen molar-refractivity contribution < 1.29 is 0 Å². The zero-order valence-electron chi connectivity index (χ0n) is 25.2. The number of hydrazone groups is 2. The van der Waals surface area contributed by atoms with Crippen LogP contribution < -0.4 is 0 Å². The lowest BCUT2D eigenvalue weighted by atomic mass is 10.2. The normalized spacial score (nSPS) is 22.0. The highest BCUT2D eigenvalue weighted by Gasteiger charge is 2.37. The summed E-state index contributed by atoms with van der Waals surface area (Å²) in [5.41, 5.74) is 0. The maximum atomic E-state index is 5.04. The first-order valence-corrected chi connectivity index (χ1v) is 18.0. The molecule has 0 radical (unpaired) electrons. The number of rotatable bonds is 8. The van der Waals surface area contributed by atoms with E-state index in [9.17, 15) is 0 Å². The van der Waals surface area contributed by atoms with Crippen molar-refractivity contribution in [2.45, 2.75) is 90.8 Å². The lowest BCUT2D eigenvalue weighted by Crippen LogP contribution is -2.57. The molecule has 0 spiro atoms. The maximum Gasteiger partial charge on any atom is 0.234 e. The van der Waals surface area contributed by atoms with Crippen molar-refractivity contribution in [3.8, 4) is 0 Å². The molecule has 2 atom stereocenters. The summed E-state index contributed by atoms with van der Waals surface area (Å²) in [4.78, 5) is 14.8. The van der Waals surface area contributed by atoms with E-state index < -0.39 is 0 Å². The van der Waals surface area contributed by atoms with Crippen LogP contribution in [0, 0.1) is 13.8 Å². The highest BCUT2D eigenvalue weighted by Crippen LogP contribution is 2.34. The standard InChI is InChI=1S/C26H40N12S4/c1-7-9-11-21-37(33-19(5)39-21)25(27-23-31-29-17(3)41-23)35-13-15-36(16-14-35)26(28-24-32-30-18(4)42-24)38-22(12-10-8-2)40-20(6)34-38/h21-22H,7-16H2,1-6H3/b27-25-,28-26?/t21-,22-/m1/s1. The van der Waals surface area contributed by atoms with E-state index in [1.807, 2.05) is 37.4 Å². The SMILES string of the molecule is CCCC[C@H]1SC(C)=NN1C(=Nc1nnc(C)s1)N1CCN(/C(=N/c2nnc(C)s2)N2N=C(C)S[C@@H]2CCCC)CC1. The van der Waals surface area contributed by atoms with Crippen LogP contribution in [0.3, 0.4) is 0 Å². The second kappa shape index (κ2) is 14.4. The van der Waals surface area contributed by atoms with Crippen LogP contribution in [-0.4, -0.2) is 99.1 Å². The molecule has 0 aliphatic carbocycles. The third kappa shape index (κ3) is 7.61. The van der Waals surface area contributed by atoms with Gasteiger partial charge in [-0.15, -0.1) is 20.4 Å². The number of aliphatic imine (C=N–C) groups is 2. The van der Waals surface area contributed by atoms with Gasteiger partial charge in [-0.1, -0.05) is 85.7 Å². The minimum Gasteiger partial charge on any atom is -0.337 e. The average Bonchev–Trinajstić information content (AvgIpc) is 3.76. The summed E-state index contributed by atoms with van der Waals surface area (Å²) in [6, 6.07) is 0. The third-order valence-electron chi connectivity index (χ3n) is 6.94. The summed E-state index contributed by atoms with van der Waals surface area (Å²) >= 11 is 6.67. The van der Waals surface area contributed by atoms with Gasteiger partial charge in [-0.05, 0) is 40.5 Å². The molecule has 0 aromatic carbocycles. The predicted molar refractivity (Wildman–Crippen MR) is 178 cm³/mol. The van der Waals surface area contributed by atoms with E-state index in [0.717, 1.165) is 96.7 Å². The minimum absolute atomic E-state index is 0.228. The van der Waals surface area contributed by atoms with Crippen molar-refractivity contribution in [2.24, 2.45) is 20.2 Å². The summed E-state index contributed by atoms with van der Waals surface area (Å²) in [5.74, 6) is 1.70. The van der Waals surface area contributed by atoms with Gasteiger partial charge in [0, 0.05) is 26.2 Å². The Kier molecular flexibility index (Phi) is 10.7. The number of hydrogen-bond acceptors (Lipinski definition) is 12. The molecule has 2 aromatic rings. The van der Waals surface area contributed by atoms with Gasteiger partial charge in [0.2, 0.25) is 22.2 Å². The molecule has 16 heteroatoms. The van der Waals surface area contributed by atoms with Crippen LogP contribution in [0.2, 0.25) is 0 Å². The van der Waals surface area contributed by atoms with Gasteiger partial charge in [0.1, 0.15) is 20.8 Å². The number of hydrogen-bond donors (Lipinski definition) is 0. The van der Waals surface area contributed by atoms with Crippen LogP contribution in [0.5, 0.6) is 0 Å². The molecule has 1 saturated heterocycles. The van der Waals surface area contributed by atoms with E-state index in [-0.39, 0.29) is 10.7 Å². The molecule has 12 nitrogen and oxygen atoms in total. The zero-order valence-corrected chi connectivity index (χ0v) is 28.5. The van der Waals surface area contributed by atoms with Crippen molar-refractivity contribution in [2.75, 3.05) is 26.2 Å².